The predicted molar refractivity (Wildman–Crippen MR) is 67.9 cm³/mol. The first-order chi connectivity index (χ1) is 8.60. The summed E-state index contributed by atoms with van der Waals surface area (Å²) in [6.07, 6.45) is 0.392. The number of rotatable bonds is 6. The van der Waals surface area contributed by atoms with Gasteiger partial charge in [-0.2, -0.15) is 0 Å². The number of carbonyl (C=O) groups is 2. The number of benzene rings is 1. The van der Waals surface area contributed by atoms with Gasteiger partial charge in [0.25, 0.3) is 0 Å². The van der Waals surface area contributed by atoms with Gasteiger partial charge in [-0.1, -0.05) is 19.1 Å². The molecule has 0 amide bonds. The van der Waals surface area contributed by atoms with Crippen LogP contribution >= 0.6 is 11.8 Å². The number of methoxy groups -OCH3 is 1. The predicted octanol–water partition coefficient (Wildman–Crippen LogP) is 2.69. The average Bonchev–Trinajstić information content (AvgIpc) is 2.38. The molecular weight excluding hydrogens is 255 g/mol. The van der Waals surface area contributed by atoms with Crippen LogP contribution in [0.3, 0.4) is 0 Å². The topological polar surface area (TPSA) is 43.4 Å². The van der Waals surface area contributed by atoms with Crippen LogP contribution in [-0.4, -0.2) is 24.6 Å². The Morgan fingerprint density at radius 2 is 2.06 bits per heavy atom. The second-order valence-corrected chi connectivity index (χ2v) is 4.69. The van der Waals surface area contributed by atoms with Gasteiger partial charge in [0.05, 0.1) is 12.9 Å². The monoisotopic (exact) mass is 270 g/mol. The first kappa shape index (κ1) is 14.7. The molecule has 5 heteroatoms. The van der Waals surface area contributed by atoms with E-state index < -0.39 is 11.9 Å². The minimum absolute atomic E-state index is 0.0640. The Bertz CT molecular complexity index is 434. The second kappa shape index (κ2) is 7.16. The molecule has 0 N–H and O–H groups in total. The summed E-state index contributed by atoms with van der Waals surface area (Å²) in [5.74, 6) is -1.82. The number of hydrogen-bond acceptors (Lipinski definition) is 4. The van der Waals surface area contributed by atoms with Crippen molar-refractivity contribution in [2.45, 2.75) is 18.2 Å². The standard InChI is InChI=1S/C13H15FO3S/c1-3-9(13(16)17-2)11(15)8-18-12-7-5-4-6-10(12)14/h4-7,9H,3,8H2,1-2H3. The average molecular weight is 270 g/mol. The van der Waals surface area contributed by atoms with Crippen LogP contribution < -0.4 is 0 Å². The molecule has 1 aromatic rings. The molecule has 1 unspecified atom stereocenters. The molecule has 18 heavy (non-hydrogen) atoms. The van der Waals surface area contributed by atoms with Crippen molar-refractivity contribution >= 4 is 23.5 Å². The number of esters is 1. The summed E-state index contributed by atoms with van der Waals surface area (Å²) in [6.45, 7) is 1.74. The molecule has 0 bridgehead atoms. The number of hydrogen-bond donors (Lipinski definition) is 0. The van der Waals surface area contributed by atoms with Crippen LogP contribution in [0.25, 0.3) is 0 Å². The fourth-order valence-corrected chi connectivity index (χ4v) is 2.36. The van der Waals surface area contributed by atoms with Crippen molar-refractivity contribution in [3.05, 3.63) is 30.1 Å². The Morgan fingerprint density at radius 1 is 1.39 bits per heavy atom. The Morgan fingerprint density at radius 3 is 2.61 bits per heavy atom. The van der Waals surface area contributed by atoms with E-state index in [4.69, 9.17) is 0 Å². The highest BCUT2D eigenvalue weighted by Gasteiger charge is 2.25. The van der Waals surface area contributed by atoms with E-state index in [1.54, 1.807) is 25.1 Å². The molecule has 1 rings (SSSR count). The number of thioether (sulfide) groups is 1. The van der Waals surface area contributed by atoms with Crippen LogP contribution in [0, 0.1) is 11.7 Å². The summed E-state index contributed by atoms with van der Waals surface area (Å²) in [4.78, 5) is 23.6. The normalized spacial score (nSPS) is 11.9. The molecule has 0 fully saturated rings. The van der Waals surface area contributed by atoms with E-state index in [1.165, 1.54) is 13.2 Å². The lowest BCUT2D eigenvalue weighted by atomic mass is 10.0. The number of ketones is 1. The highest BCUT2D eigenvalue weighted by molar-refractivity contribution is 8.00. The lowest BCUT2D eigenvalue weighted by Crippen LogP contribution is -2.26. The third-order valence-electron chi connectivity index (χ3n) is 2.49. The van der Waals surface area contributed by atoms with E-state index in [-0.39, 0.29) is 17.4 Å². The molecular formula is C13H15FO3S. The molecule has 0 saturated carbocycles. The fourth-order valence-electron chi connectivity index (χ4n) is 1.48. The Kier molecular flexibility index (Phi) is 5.85. The van der Waals surface area contributed by atoms with Gasteiger partial charge in [-0.05, 0) is 18.6 Å². The van der Waals surface area contributed by atoms with Gasteiger partial charge in [0.15, 0.2) is 5.78 Å². The molecule has 0 spiro atoms. The Labute approximate surface area is 110 Å². The summed E-state index contributed by atoms with van der Waals surface area (Å²) in [5.41, 5.74) is 0. The molecule has 3 nitrogen and oxygen atoms in total. The van der Waals surface area contributed by atoms with Crippen LogP contribution in [0.2, 0.25) is 0 Å². The molecule has 0 aromatic heterocycles. The van der Waals surface area contributed by atoms with Crippen LogP contribution in [0.5, 0.6) is 0 Å². The third-order valence-corrected chi connectivity index (χ3v) is 3.56. The Balaban J connectivity index is 2.60. The minimum atomic E-state index is -0.755. The van der Waals surface area contributed by atoms with Gasteiger partial charge in [-0.25, -0.2) is 4.39 Å². The zero-order chi connectivity index (χ0) is 13.5. The molecule has 1 atom stereocenters. The van der Waals surface area contributed by atoms with Crippen molar-refractivity contribution in [1.29, 1.82) is 0 Å². The van der Waals surface area contributed by atoms with E-state index in [1.807, 2.05) is 0 Å². The summed E-state index contributed by atoms with van der Waals surface area (Å²) >= 11 is 1.09. The largest absolute Gasteiger partial charge is 0.468 e. The first-order valence-electron chi connectivity index (χ1n) is 5.58. The number of carbonyl (C=O) groups excluding carboxylic acids is 2. The molecule has 0 radical (unpaired) electrons. The van der Waals surface area contributed by atoms with Gasteiger partial charge in [-0.15, -0.1) is 11.8 Å². The summed E-state index contributed by atoms with van der Waals surface area (Å²) < 4.78 is 17.9. The number of halogens is 1. The number of ether oxygens (including phenoxy) is 1. The van der Waals surface area contributed by atoms with Crippen molar-refractivity contribution in [3.8, 4) is 0 Å². The van der Waals surface area contributed by atoms with Gasteiger partial charge in [-0.3, -0.25) is 9.59 Å². The lowest BCUT2D eigenvalue weighted by Gasteiger charge is -2.10. The molecule has 98 valence electrons. The summed E-state index contributed by atoms with van der Waals surface area (Å²) in [6, 6.07) is 6.23. The third kappa shape index (κ3) is 3.84. The van der Waals surface area contributed by atoms with Crippen molar-refractivity contribution in [3.63, 3.8) is 0 Å². The van der Waals surface area contributed by atoms with E-state index >= 15 is 0 Å². The van der Waals surface area contributed by atoms with Crippen molar-refractivity contribution in [2.75, 3.05) is 12.9 Å². The van der Waals surface area contributed by atoms with Crippen LogP contribution in [0.1, 0.15) is 13.3 Å². The zero-order valence-electron chi connectivity index (χ0n) is 10.3. The van der Waals surface area contributed by atoms with E-state index in [2.05, 4.69) is 4.74 Å². The zero-order valence-corrected chi connectivity index (χ0v) is 11.1. The van der Waals surface area contributed by atoms with E-state index in [0.717, 1.165) is 11.8 Å². The molecule has 0 aliphatic carbocycles. The SMILES string of the molecule is CCC(C(=O)CSc1ccccc1F)C(=O)OC. The van der Waals surface area contributed by atoms with Gasteiger partial charge < -0.3 is 4.74 Å². The maximum atomic E-state index is 13.3. The summed E-state index contributed by atoms with van der Waals surface area (Å²) in [7, 11) is 1.25. The van der Waals surface area contributed by atoms with Gasteiger partial charge in [0, 0.05) is 4.90 Å². The van der Waals surface area contributed by atoms with Gasteiger partial charge in [0.1, 0.15) is 11.7 Å². The molecule has 0 aliphatic rings. The Hall–Kier alpha value is -1.36. The highest BCUT2D eigenvalue weighted by atomic mass is 32.2. The quantitative estimate of drug-likeness (QED) is 0.453. The smallest absolute Gasteiger partial charge is 0.316 e. The highest BCUT2D eigenvalue weighted by Crippen LogP contribution is 2.22. The van der Waals surface area contributed by atoms with E-state index in [9.17, 15) is 14.0 Å². The van der Waals surface area contributed by atoms with E-state index in [0.29, 0.717) is 11.3 Å². The van der Waals surface area contributed by atoms with Crippen molar-refractivity contribution < 1.29 is 18.7 Å². The van der Waals surface area contributed by atoms with Crippen LogP contribution in [-0.2, 0) is 14.3 Å². The first-order valence-corrected chi connectivity index (χ1v) is 6.56. The lowest BCUT2D eigenvalue weighted by molar-refractivity contribution is -0.148. The van der Waals surface area contributed by atoms with Crippen molar-refractivity contribution in [2.24, 2.45) is 5.92 Å². The second-order valence-electron chi connectivity index (χ2n) is 3.67. The minimum Gasteiger partial charge on any atom is -0.468 e. The van der Waals surface area contributed by atoms with Gasteiger partial charge >= 0.3 is 5.97 Å². The van der Waals surface area contributed by atoms with Crippen LogP contribution in [0.4, 0.5) is 4.39 Å². The van der Waals surface area contributed by atoms with Crippen LogP contribution in [0.15, 0.2) is 29.2 Å². The molecule has 0 heterocycles. The molecule has 0 saturated heterocycles. The molecule has 1 aromatic carbocycles. The van der Waals surface area contributed by atoms with Gasteiger partial charge in [0.2, 0.25) is 0 Å². The molecule has 0 aliphatic heterocycles. The maximum absolute atomic E-state index is 13.3. The van der Waals surface area contributed by atoms with Crippen molar-refractivity contribution in [1.82, 2.24) is 0 Å². The summed E-state index contributed by atoms with van der Waals surface area (Å²) in [5, 5.41) is 0. The fraction of sp³-hybridized carbons (Fsp3) is 0.385. The maximum Gasteiger partial charge on any atom is 0.316 e. The number of Topliss-reactive ketones (excluding diaryl/α,β-unsaturated/α-hetero) is 1.